The Bertz CT molecular complexity index is 2060. The lowest BCUT2D eigenvalue weighted by molar-refractivity contribution is 0.489. The van der Waals surface area contributed by atoms with Crippen molar-refractivity contribution in [1.82, 2.24) is 104 Å². The summed E-state index contributed by atoms with van der Waals surface area (Å²) in [5.41, 5.74) is 5.75. The summed E-state index contributed by atoms with van der Waals surface area (Å²) < 4.78 is 20.1. The van der Waals surface area contributed by atoms with Crippen LogP contribution in [0.3, 0.4) is 0 Å². The highest BCUT2D eigenvalue weighted by Gasteiger charge is 1.90. The van der Waals surface area contributed by atoms with Crippen LogP contribution in [0.1, 0.15) is 185 Å². The molecule has 490 valence electrons. The van der Waals surface area contributed by atoms with Gasteiger partial charge in [0.05, 0.1) is 11.9 Å². The number of hydrogen-bond donors (Lipinski definition) is 4. The molecule has 11 heterocycles. The molecule has 22 nitrogen and oxygen atoms in total. The minimum Gasteiger partial charge on any atom is -0.426 e. The van der Waals surface area contributed by atoms with Gasteiger partial charge in [0.2, 0.25) is 11.8 Å². The molecule has 26 heteroatoms. The van der Waals surface area contributed by atoms with Crippen LogP contribution < -0.4 is 0 Å². The minimum atomic E-state index is 0.623. The molecule has 11 rings (SSSR count). The number of hydrogen-bond acceptors (Lipinski definition) is 20. The summed E-state index contributed by atoms with van der Waals surface area (Å²) >= 11 is 6.13. The predicted octanol–water partition coefficient (Wildman–Crippen LogP) is 17.9. The van der Waals surface area contributed by atoms with Crippen molar-refractivity contribution in [2.45, 2.75) is 201 Å². The van der Waals surface area contributed by atoms with E-state index in [-0.39, 0.29) is 0 Å². The summed E-state index contributed by atoms with van der Waals surface area (Å²) in [5.74, 6) is 2.10. The lowest BCUT2D eigenvalue weighted by Gasteiger charge is -1.77. The number of rotatable bonds is 0. The molecule has 11 aromatic heterocycles. The predicted molar refractivity (Wildman–Crippen MR) is 371 cm³/mol. The standard InChI is InChI=1S/C4H6N2O.C4H6N2S.4C4H6N2.3C4H5NS.2C3H5N3.9C2H6/c2*1-3-5-6-4(2)7-3;1-4-2-5-6-3-4;1-6-4-2-3-5-6;2*1-4-2-3-5-6-4;1-4-2-5-6-3-4;1-4-2-3-6-5-4;1-4-2-3-5-6-4;1-6-2-4-5-3-6;1-3-4-2-5-6-3;9*1-2/h2*1-2H3;2-3H,1H3,(H,5,6);2-4H,1H3;2*2-3H,1H3,(H,5,6);4*2-3H,1H3;2H,1H3,(H,4,5,6);9*1-2H3. The zero-order valence-corrected chi connectivity index (χ0v) is 61.8. The Morgan fingerprint density at radius 1 is 0.500 bits per heavy atom. The van der Waals surface area contributed by atoms with Crippen molar-refractivity contribution in [2.75, 3.05) is 0 Å². The van der Waals surface area contributed by atoms with Gasteiger partial charge in [-0.05, 0) is 138 Å². The largest absolute Gasteiger partial charge is 0.426 e. The Balaban J connectivity index is -0.000000106. The third-order valence-electron chi connectivity index (χ3n) is 6.56. The van der Waals surface area contributed by atoms with Gasteiger partial charge in [0.1, 0.15) is 34.8 Å². The molecule has 0 aliphatic heterocycles. The Labute approximate surface area is 536 Å². The van der Waals surface area contributed by atoms with Crippen LogP contribution in [0, 0.1) is 76.2 Å². The van der Waals surface area contributed by atoms with Gasteiger partial charge in [-0.3, -0.25) is 25.1 Å². The van der Waals surface area contributed by atoms with E-state index in [0.717, 1.165) is 32.9 Å². The molecule has 0 saturated carbocycles. The van der Waals surface area contributed by atoms with Gasteiger partial charge in [0.15, 0.2) is 0 Å². The summed E-state index contributed by atoms with van der Waals surface area (Å²) in [5, 5.41) is 57.2. The van der Waals surface area contributed by atoms with E-state index >= 15 is 0 Å². The van der Waals surface area contributed by atoms with Gasteiger partial charge >= 0.3 is 0 Å². The van der Waals surface area contributed by atoms with Crippen molar-refractivity contribution in [3.05, 3.63) is 170 Å². The first-order chi connectivity index (χ1) is 41.6. The third-order valence-corrected chi connectivity index (χ3v) is 9.33. The molecule has 0 aliphatic rings. The first-order valence-corrected chi connectivity index (χ1v) is 32.4. The van der Waals surface area contributed by atoms with Crippen LogP contribution in [0.25, 0.3) is 0 Å². The van der Waals surface area contributed by atoms with Crippen LogP contribution in [0.4, 0.5) is 0 Å². The maximum absolute atomic E-state index is 4.86. The Hall–Kier alpha value is -7.29. The van der Waals surface area contributed by atoms with E-state index in [0.29, 0.717) is 11.8 Å². The van der Waals surface area contributed by atoms with Crippen LogP contribution >= 0.6 is 45.9 Å². The third kappa shape index (κ3) is 80.9. The topological polar surface area (TPSA) is 280 Å². The van der Waals surface area contributed by atoms with E-state index in [4.69, 9.17) is 4.42 Å². The molecule has 0 radical (unpaired) electrons. The Kier molecular flexibility index (Phi) is 95.7. The molecule has 0 fully saturated rings. The molecule has 0 bridgehead atoms. The molecule has 0 unspecified atom stereocenters. The summed E-state index contributed by atoms with van der Waals surface area (Å²) in [7, 11) is 3.76. The molecule has 11 aromatic rings. The van der Waals surface area contributed by atoms with Crippen molar-refractivity contribution in [2.24, 2.45) is 14.1 Å². The smallest absolute Gasteiger partial charge is 0.213 e. The number of aromatic amines is 4. The molecule has 0 aliphatic carbocycles. The van der Waals surface area contributed by atoms with Gasteiger partial charge in [0, 0.05) is 98.3 Å². The maximum Gasteiger partial charge on any atom is 0.213 e. The molecule has 0 saturated heterocycles. The monoisotopic (exact) mass is 1270 g/mol. The van der Waals surface area contributed by atoms with Gasteiger partial charge < -0.3 is 8.98 Å². The van der Waals surface area contributed by atoms with Crippen molar-refractivity contribution in [3.8, 4) is 0 Å². The van der Waals surface area contributed by atoms with Crippen LogP contribution in [0.15, 0.2) is 114 Å². The highest BCUT2D eigenvalue weighted by atomic mass is 32.1. The van der Waals surface area contributed by atoms with E-state index in [1.54, 1.807) is 78.1 Å². The van der Waals surface area contributed by atoms with Gasteiger partial charge in [-0.15, -0.1) is 41.9 Å². The highest BCUT2D eigenvalue weighted by Crippen LogP contribution is 2.04. The Morgan fingerprint density at radius 3 is 1.13 bits per heavy atom. The van der Waals surface area contributed by atoms with E-state index in [9.17, 15) is 0 Å². The molecule has 86 heavy (non-hydrogen) atoms. The second-order valence-corrected chi connectivity index (χ2v) is 17.0. The average molecular weight is 1270 g/mol. The van der Waals surface area contributed by atoms with Crippen LogP contribution in [-0.4, -0.2) is 104 Å². The molecule has 0 aromatic carbocycles. The summed E-state index contributed by atoms with van der Waals surface area (Å²) in [4.78, 5) is 5.02. The zero-order chi connectivity index (χ0) is 68.2. The highest BCUT2D eigenvalue weighted by molar-refractivity contribution is 7.11. The quantitative estimate of drug-likeness (QED) is 0.110. The summed E-state index contributed by atoms with van der Waals surface area (Å²) in [6.07, 6.45) is 19.1. The second-order valence-electron chi connectivity index (χ2n) is 13.3. The molecule has 0 spiro atoms. The molecule has 0 atom stereocenters. The normalized spacial score (nSPS) is 7.71. The van der Waals surface area contributed by atoms with Gasteiger partial charge in [-0.2, -0.15) is 29.9 Å². The number of aromatic nitrogens is 21. The molecule has 4 N–H and O–H groups in total. The number of H-pyrrole nitrogens is 4. The van der Waals surface area contributed by atoms with Gasteiger partial charge in [-0.25, -0.2) is 13.7 Å². The van der Waals surface area contributed by atoms with E-state index < -0.39 is 0 Å². The lowest BCUT2D eigenvalue weighted by Crippen LogP contribution is -1.83. The first-order valence-electron chi connectivity index (χ1n) is 29.2. The van der Waals surface area contributed by atoms with Crippen LogP contribution in [0.5, 0.6) is 0 Å². The fraction of sp³-hybridized carbons (Fsp3) is 0.517. The fourth-order valence-corrected chi connectivity index (χ4v) is 5.49. The maximum atomic E-state index is 4.86. The number of nitrogens with zero attached hydrogens (tertiary/aromatic N) is 17. The summed E-state index contributed by atoms with van der Waals surface area (Å²) in [6, 6.07) is 9.70. The van der Waals surface area contributed by atoms with Gasteiger partial charge in [0.25, 0.3) is 0 Å². The Morgan fingerprint density at radius 2 is 1.01 bits per heavy atom. The number of nitrogens with one attached hydrogen (secondary N) is 4. The minimum absolute atomic E-state index is 0.623. The fourth-order valence-electron chi connectivity index (χ4n) is 3.43. The lowest BCUT2D eigenvalue weighted by atomic mass is 10.4. The van der Waals surface area contributed by atoms with E-state index in [2.05, 4.69) is 94.6 Å². The second kappa shape index (κ2) is 84.2. The summed E-state index contributed by atoms with van der Waals surface area (Å²) in [6.45, 7) is 57.3. The molecule has 0 amide bonds. The number of aryl methyl sites for hydroxylation is 13. The van der Waals surface area contributed by atoms with Crippen molar-refractivity contribution >= 4 is 45.9 Å². The zero-order valence-electron chi connectivity index (χ0n) is 58.5. The first kappa shape index (κ1) is 97.8. The average Bonchev–Trinajstić information content (AvgIpc) is 4.36. The molecular weight excluding hydrogens is 1160 g/mol. The van der Waals surface area contributed by atoms with Crippen molar-refractivity contribution in [1.29, 1.82) is 0 Å². The van der Waals surface area contributed by atoms with Crippen molar-refractivity contribution < 1.29 is 4.42 Å². The SMILES string of the molecule is CC.CC.CC.CC.CC.CC.CC.CC.CC.Cc1ccn[nH]1.Cc1ccn[nH]1.Cc1ccns1.Cc1ccsn1.Cc1cn[nH]c1.Cc1cnsc1.Cc1ncn[nH]1.Cc1nnc(C)o1.Cc1nnc(C)s1.Cn1cccn1.Cn1cnnc1. The van der Waals surface area contributed by atoms with Crippen LogP contribution in [-0.2, 0) is 14.1 Å². The molecular formula is C60H115N21OS4. The van der Waals surface area contributed by atoms with Gasteiger partial charge in [-0.1, -0.05) is 125 Å². The van der Waals surface area contributed by atoms with Crippen molar-refractivity contribution in [3.63, 3.8) is 0 Å². The van der Waals surface area contributed by atoms with Crippen LogP contribution in [0.2, 0.25) is 0 Å². The van der Waals surface area contributed by atoms with E-state index in [1.165, 1.54) is 56.9 Å². The van der Waals surface area contributed by atoms with E-state index in [1.807, 2.05) is 261 Å².